The summed E-state index contributed by atoms with van der Waals surface area (Å²) in [6.45, 7) is 5.48. The Morgan fingerprint density at radius 2 is 1.59 bits per heavy atom. The maximum absolute atomic E-state index is 14.0. The molecule has 258 valence electrons. The standard InChI is InChI=1S/C38H45N5O6/c1-27-33(37(45)48-2)34(28-14-16-31(17-15-28)43(46)47)35(32(41-27)26-49-25-20-39)36(44)40-21-9-22-42-23-18-38(19-24-42,29-10-5-3-6-11-29)30-12-7-4-8-13-30/h3-8,10-17,34,41H,9,18-26,39H2,1-2H3,(H,40,44). The van der Waals surface area contributed by atoms with Gasteiger partial charge in [-0.3, -0.25) is 14.9 Å². The number of carbonyl (C=O) groups excluding carboxylic acids is 2. The van der Waals surface area contributed by atoms with E-state index in [-0.39, 0.29) is 35.8 Å². The van der Waals surface area contributed by atoms with Gasteiger partial charge in [0.15, 0.2) is 0 Å². The number of ether oxygens (including phenoxy) is 2. The number of amides is 1. The number of allylic oxidation sites excluding steroid dienone is 1. The number of likely N-dealkylation sites (tertiary alicyclic amines) is 1. The zero-order chi connectivity index (χ0) is 34.8. The molecule has 11 heteroatoms. The first-order chi connectivity index (χ1) is 23.8. The number of nitro benzene ring substituents is 1. The number of hydrogen-bond acceptors (Lipinski definition) is 9. The van der Waals surface area contributed by atoms with Gasteiger partial charge >= 0.3 is 5.97 Å². The van der Waals surface area contributed by atoms with E-state index in [1.54, 1.807) is 19.1 Å². The number of benzene rings is 3. The summed E-state index contributed by atoms with van der Waals surface area (Å²) in [6, 6.07) is 27.3. The van der Waals surface area contributed by atoms with E-state index >= 15 is 0 Å². The van der Waals surface area contributed by atoms with Gasteiger partial charge in [0.1, 0.15) is 0 Å². The van der Waals surface area contributed by atoms with Crippen LogP contribution in [0.25, 0.3) is 0 Å². The second-order valence-electron chi connectivity index (χ2n) is 12.4. The second-order valence-corrected chi connectivity index (χ2v) is 12.4. The van der Waals surface area contributed by atoms with Gasteiger partial charge in [-0.05, 0) is 62.5 Å². The van der Waals surface area contributed by atoms with Gasteiger partial charge in [-0.1, -0.05) is 72.8 Å². The molecule has 4 N–H and O–H groups in total. The lowest BCUT2D eigenvalue weighted by atomic mass is 9.68. The number of nitrogens with two attached hydrogens (primary N) is 1. The van der Waals surface area contributed by atoms with E-state index in [1.165, 1.54) is 30.4 Å². The number of hydrogen-bond donors (Lipinski definition) is 3. The average Bonchev–Trinajstić information content (AvgIpc) is 3.14. The molecule has 5 rings (SSSR count). The Hall–Kier alpha value is -4.84. The van der Waals surface area contributed by atoms with Crippen molar-refractivity contribution in [1.29, 1.82) is 0 Å². The van der Waals surface area contributed by atoms with Crippen LogP contribution in [0.3, 0.4) is 0 Å². The fraction of sp³-hybridized carbons (Fsp3) is 0.368. The van der Waals surface area contributed by atoms with Crippen LogP contribution < -0.4 is 16.4 Å². The molecule has 0 aromatic heterocycles. The summed E-state index contributed by atoms with van der Waals surface area (Å²) in [5, 5.41) is 17.6. The number of dihydropyridines is 1. The highest BCUT2D eigenvalue weighted by Gasteiger charge is 2.39. The van der Waals surface area contributed by atoms with Crippen LogP contribution >= 0.6 is 0 Å². The van der Waals surface area contributed by atoms with Gasteiger partial charge in [-0.2, -0.15) is 0 Å². The molecule has 0 spiro atoms. The molecule has 1 saturated heterocycles. The van der Waals surface area contributed by atoms with Gasteiger partial charge in [0, 0.05) is 36.3 Å². The summed E-state index contributed by atoms with van der Waals surface area (Å²) < 4.78 is 10.9. The maximum atomic E-state index is 14.0. The van der Waals surface area contributed by atoms with Crippen LogP contribution in [-0.4, -0.2) is 74.7 Å². The van der Waals surface area contributed by atoms with Crippen molar-refractivity contribution in [3.63, 3.8) is 0 Å². The van der Waals surface area contributed by atoms with Crippen LogP contribution in [0.15, 0.2) is 107 Å². The fourth-order valence-electron chi connectivity index (χ4n) is 7.05. The van der Waals surface area contributed by atoms with Crippen molar-refractivity contribution in [2.45, 2.75) is 37.5 Å². The summed E-state index contributed by atoms with van der Waals surface area (Å²) in [6.07, 6.45) is 2.73. The largest absolute Gasteiger partial charge is 0.466 e. The molecule has 1 amide bonds. The zero-order valence-corrected chi connectivity index (χ0v) is 28.2. The van der Waals surface area contributed by atoms with Crippen LogP contribution in [-0.2, 0) is 24.5 Å². The van der Waals surface area contributed by atoms with E-state index in [9.17, 15) is 19.7 Å². The third-order valence-corrected chi connectivity index (χ3v) is 9.54. The second kappa shape index (κ2) is 16.5. The molecular formula is C38H45N5O6. The number of piperidine rings is 1. The Kier molecular flexibility index (Phi) is 12.0. The van der Waals surface area contributed by atoms with Crippen LogP contribution in [0, 0.1) is 10.1 Å². The lowest BCUT2D eigenvalue weighted by Gasteiger charge is -2.43. The summed E-state index contributed by atoms with van der Waals surface area (Å²) >= 11 is 0. The van der Waals surface area contributed by atoms with E-state index in [0.29, 0.717) is 35.6 Å². The first-order valence-electron chi connectivity index (χ1n) is 16.7. The number of esters is 1. The number of nitrogens with zero attached hydrogens (tertiary/aromatic N) is 2. The summed E-state index contributed by atoms with van der Waals surface area (Å²) in [7, 11) is 1.28. The van der Waals surface area contributed by atoms with Gasteiger partial charge in [0.05, 0.1) is 48.0 Å². The molecule has 2 heterocycles. The number of rotatable bonds is 14. The van der Waals surface area contributed by atoms with E-state index in [0.717, 1.165) is 38.9 Å². The Bertz CT molecular complexity index is 1620. The molecule has 0 saturated carbocycles. The molecule has 3 aromatic carbocycles. The molecule has 0 bridgehead atoms. The highest BCUT2D eigenvalue weighted by molar-refractivity contribution is 6.02. The molecule has 2 aliphatic rings. The minimum atomic E-state index is -0.836. The van der Waals surface area contributed by atoms with Crippen molar-refractivity contribution in [2.24, 2.45) is 5.73 Å². The van der Waals surface area contributed by atoms with Gasteiger partial charge < -0.3 is 30.7 Å². The van der Waals surface area contributed by atoms with Crippen LogP contribution in [0.2, 0.25) is 0 Å². The molecule has 49 heavy (non-hydrogen) atoms. The first-order valence-corrected chi connectivity index (χ1v) is 16.7. The average molecular weight is 668 g/mol. The first kappa shape index (κ1) is 35.5. The number of carbonyl (C=O) groups is 2. The normalized spacial score (nSPS) is 17.7. The van der Waals surface area contributed by atoms with Crippen molar-refractivity contribution in [3.8, 4) is 0 Å². The summed E-state index contributed by atoms with van der Waals surface area (Å²) in [5.41, 5.74) is 10.3. The van der Waals surface area contributed by atoms with Crippen LogP contribution in [0.5, 0.6) is 0 Å². The molecule has 3 aromatic rings. The van der Waals surface area contributed by atoms with Crippen molar-refractivity contribution in [1.82, 2.24) is 15.5 Å². The van der Waals surface area contributed by atoms with Crippen molar-refractivity contribution < 1.29 is 24.0 Å². The van der Waals surface area contributed by atoms with Gasteiger partial charge in [-0.25, -0.2) is 4.79 Å². The lowest BCUT2D eigenvalue weighted by Crippen LogP contribution is -2.44. The predicted molar refractivity (Wildman–Crippen MR) is 188 cm³/mol. The quantitative estimate of drug-likeness (QED) is 0.0975. The van der Waals surface area contributed by atoms with E-state index in [1.807, 2.05) is 0 Å². The molecule has 1 unspecified atom stereocenters. The Labute approximate surface area is 287 Å². The molecule has 0 radical (unpaired) electrons. The Balaban J connectivity index is 1.30. The van der Waals surface area contributed by atoms with E-state index in [2.05, 4.69) is 76.2 Å². The monoisotopic (exact) mass is 667 g/mol. The summed E-state index contributed by atoms with van der Waals surface area (Å²) in [5.74, 6) is -1.80. The molecule has 2 aliphatic heterocycles. The number of nitrogens with one attached hydrogen (secondary N) is 2. The van der Waals surface area contributed by atoms with Crippen molar-refractivity contribution in [2.75, 3.05) is 53.0 Å². The highest BCUT2D eigenvalue weighted by Crippen LogP contribution is 2.42. The molecule has 0 aliphatic carbocycles. The minimum absolute atomic E-state index is 0.0358. The third-order valence-electron chi connectivity index (χ3n) is 9.54. The molecule has 1 atom stereocenters. The smallest absolute Gasteiger partial charge is 0.336 e. The Morgan fingerprint density at radius 3 is 2.14 bits per heavy atom. The van der Waals surface area contributed by atoms with Gasteiger partial charge in [0.2, 0.25) is 5.91 Å². The number of nitro groups is 1. The number of methoxy groups -OCH3 is 1. The SMILES string of the molecule is COC(=O)C1=C(C)NC(COCCN)=C(C(=O)NCCCN2CCC(c3ccccc3)(c3ccccc3)CC2)C1c1ccc([N+](=O)[O-])cc1. The Morgan fingerprint density at radius 1 is 0.980 bits per heavy atom. The molecular weight excluding hydrogens is 622 g/mol. The van der Waals surface area contributed by atoms with Gasteiger partial charge in [0.25, 0.3) is 5.69 Å². The van der Waals surface area contributed by atoms with Crippen molar-refractivity contribution in [3.05, 3.63) is 134 Å². The minimum Gasteiger partial charge on any atom is -0.466 e. The van der Waals surface area contributed by atoms with Crippen molar-refractivity contribution >= 4 is 17.6 Å². The van der Waals surface area contributed by atoms with E-state index < -0.39 is 16.8 Å². The topological polar surface area (TPSA) is 149 Å². The third kappa shape index (κ3) is 8.07. The molecule has 1 fully saturated rings. The lowest BCUT2D eigenvalue weighted by molar-refractivity contribution is -0.384. The summed E-state index contributed by atoms with van der Waals surface area (Å²) in [4.78, 5) is 40.4. The fourth-order valence-corrected chi connectivity index (χ4v) is 7.05. The van der Waals surface area contributed by atoms with Gasteiger partial charge in [-0.15, -0.1) is 0 Å². The maximum Gasteiger partial charge on any atom is 0.336 e. The predicted octanol–water partition coefficient (Wildman–Crippen LogP) is 4.55. The zero-order valence-electron chi connectivity index (χ0n) is 28.2. The highest BCUT2D eigenvalue weighted by atomic mass is 16.6. The van der Waals surface area contributed by atoms with E-state index in [4.69, 9.17) is 15.2 Å². The van der Waals surface area contributed by atoms with Crippen LogP contribution in [0.1, 0.15) is 48.8 Å². The van der Waals surface area contributed by atoms with Crippen LogP contribution in [0.4, 0.5) is 5.69 Å². The number of non-ortho nitro benzene ring substituents is 1. The molecule has 11 nitrogen and oxygen atoms in total.